The summed E-state index contributed by atoms with van der Waals surface area (Å²) < 4.78 is 5.03. The minimum atomic E-state index is 1.13. The molecule has 0 bridgehead atoms. The molecule has 58 heavy (non-hydrogen) atoms. The van der Waals surface area contributed by atoms with Crippen molar-refractivity contribution in [2.24, 2.45) is 0 Å². The van der Waals surface area contributed by atoms with E-state index < -0.39 is 0 Å². The smallest absolute Gasteiger partial charge is 0.0789 e. The number of aromatic nitrogens is 2. The summed E-state index contributed by atoms with van der Waals surface area (Å²) in [6, 6.07) is 80.0. The first-order valence-electron chi connectivity index (χ1n) is 20.0. The molecular weight excluding hydrogens is 701 g/mol. The van der Waals surface area contributed by atoms with Gasteiger partial charge in [-0.15, -0.1) is 0 Å². The van der Waals surface area contributed by atoms with E-state index in [-0.39, 0.29) is 0 Å². The fraction of sp³-hybridized carbons (Fsp3) is 0. The van der Waals surface area contributed by atoms with Gasteiger partial charge in [0.1, 0.15) is 0 Å². The van der Waals surface area contributed by atoms with Crippen LogP contribution in [-0.2, 0) is 0 Å². The largest absolute Gasteiger partial charge is 0.307 e. The normalized spacial score (nSPS) is 11.8. The fourth-order valence-electron chi connectivity index (χ4n) is 9.58. The lowest BCUT2D eigenvalue weighted by molar-refractivity contribution is 1.12. The SMILES string of the molecule is c1ccc(-c2ccc3c4ccc(-n5c6ccccc6c6ccc7c(-c8ccccc8)c(-c8ccccc8)n(-c8ccccc8)c7c65)cc4c4ccccc4c3c2)cc1. The number of benzene rings is 10. The third-order valence-electron chi connectivity index (χ3n) is 12.1. The maximum Gasteiger partial charge on any atom is 0.0789 e. The predicted molar refractivity (Wildman–Crippen MR) is 246 cm³/mol. The van der Waals surface area contributed by atoms with Crippen LogP contribution in [0.4, 0.5) is 0 Å². The highest BCUT2D eigenvalue weighted by molar-refractivity contribution is 6.27. The molecule has 2 nitrogen and oxygen atoms in total. The van der Waals surface area contributed by atoms with Crippen LogP contribution in [0.5, 0.6) is 0 Å². The van der Waals surface area contributed by atoms with Crippen LogP contribution in [0.1, 0.15) is 0 Å². The highest BCUT2D eigenvalue weighted by Gasteiger charge is 2.26. The van der Waals surface area contributed by atoms with Crippen molar-refractivity contribution < 1.29 is 0 Å². The summed E-state index contributed by atoms with van der Waals surface area (Å²) in [7, 11) is 0. The summed E-state index contributed by atoms with van der Waals surface area (Å²) in [6.07, 6.45) is 0. The van der Waals surface area contributed by atoms with Crippen LogP contribution >= 0.6 is 0 Å². The van der Waals surface area contributed by atoms with Gasteiger partial charge in [0.05, 0.1) is 22.2 Å². The summed E-state index contributed by atoms with van der Waals surface area (Å²) in [5, 5.41) is 11.3. The number of hydrogen-bond acceptors (Lipinski definition) is 0. The summed E-state index contributed by atoms with van der Waals surface area (Å²) in [5.74, 6) is 0. The van der Waals surface area contributed by atoms with E-state index in [0.29, 0.717) is 0 Å². The van der Waals surface area contributed by atoms with Crippen LogP contribution < -0.4 is 0 Å². The second-order valence-corrected chi connectivity index (χ2v) is 15.2. The second-order valence-electron chi connectivity index (χ2n) is 15.2. The van der Waals surface area contributed by atoms with Gasteiger partial charge in [0.2, 0.25) is 0 Å². The lowest BCUT2D eigenvalue weighted by Crippen LogP contribution is -2.00. The summed E-state index contributed by atoms with van der Waals surface area (Å²) in [5.41, 5.74) is 13.1. The van der Waals surface area contributed by atoms with Crippen LogP contribution in [0, 0.1) is 0 Å². The van der Waals surface area contributed by atoms with Gasteiger partial charge >= 0.3 is 0 Å². The Morgan fingerprint density at radius 2 is 0.724 bits per heavy atom. The van der Waals surface area contributed by atoms with E-state index in [0.717, 1.165) is 11.4 Å². The zero-order valence-electron chi connectivity index (χ0n) is 31.7. The minimum Gasteiger partial charge on any atom is -0.307 e. The first-order valence-corrected chi connectivity index (χ1v) is 20.0. The van der Waals surface area contributed by atoms with Gasteiger partial charge in [-0.3, -0.25) is 0 Å². The molecule has 0 fully saturated rings. The van der Waals surface area contributed by atoms with Crippen molar-refractivity contribution in [1.82, 2.24) is 9.13 Å². The molecule has 2 heteroatoms. The molecule has 270 valence electrons. The third kappa shape index (κ3) is 4.85. The van der Waals surface area contributed by atoms with E-state index in [1.807, 2.05) is 0 Å². The molecule has 0 saturated carbocycles. The quantitative estimate of drug-likeness (QED) is 0.156. The maximum absolute atomic E-state index is 2.52. The molecule has 2 aromatic heterocycles. The van der Waals surface area contributed by atoms with Crippen LogP contribution in [0.15, 0.2) is 218 Å². The van der Waals surface area contributed by atoms with Crippen LogP contribution in [0.2, 0.25) is 0 Å². The summed E-state index contributed by atoms with van der Waals surface area (Å²) in [4.78, 5) is 0. The lowest BCUT2D eigenvalue weighted by atomic mass is 9.92. The second kappa shape index (κ2) is 12.9. The molecule has 12 rings (SSSR count). The van der Waals surface area contributed by atoms with Gasteiger partial charge in [-0.1, -0.05) is 182 Å². The van der Waals surface area contributed by atoms with Crippen molar-refractivity contribution in [2.45, 2.75) is 0 Å². The average molecular weight is 737 g/mol. The molecule has 0 radical (unpaired) electrons. The molecule has 0 amide bonds. The monoisotopic (exact) mass is 736 g/mol. The highest BCUT2D eigenvalue weighted by Crippen LogP contribution is 2.48. The Balaban J connectivity index is 1.23. The van der Waals surface area contributed by atoms with Crippen molar-refractivity contribution in [3.8, 4) is 44.9 Å². The van der Waals surface area contributed by atoms with E-state index in [1.165, 1.54) is 98.5 Å². The zero-order valence-corrected chi connectivity index (χ0v) is 31.7. The molecule has 0 spiro atoms. The molecule has 10 aromatic carbocycles. The van der Waals surface area contributed by atoms with Crippen molar-refractivity contribution >= 4 is 65.0 Å². The first kappa shape index (κ1) is 32.6. The Hall–Kier alpha value is -7.68. The Morgan fingerprint density at radius 3 is 1.41 bits per heavy atom. The molecule has 0 aliphatic rings. The van der Waals surface area contributed by atoms with Crippen LogP contribution in [-0.4, -0.2) is 9.13 Å². The Morgan fingerprint density at radius 1 is 0.241 bits per heavy atom. The molecule has 0 aliphatic carbocycles. The van der Waals surface area contributed by atoms with Gasteiger partial charge in [-0.2, -0.15) is 0 Å². The molecule has 2 heterocycles. The molecule has 0 unspecified atom stereocenters. The van der Waals surface area contributed by atoms with E-state index in [9.17, 15) is 0 Å². The minimum absolute atomic E-state index is 1.13. The number of para-hydroxylation sites is 2. The Bertz CT molecular complexity index is 3500. The van der Waals surface area contributed by atoms with Gasteiger partial charge in [0, 0.05) is 33.1 Å². The van der Waals surface area contributed by atoms with Crippen molar-refractivity contribution in [1.29, 1.82) is 0 Å². The standard InChI is InChI=1S/C56H36N2/c1-5-17-37(18-6-1)40-29-31-45-46-32-30-42(36-51(46)44-26-14-13-25-43(44)50(45)35-40)57-52-28-16-15-27-47(52)48-33-34-49-53(38-19-7-2-8-20-38)54(39-21-9-3-10-22-39)58(56(49)55(48)57)41-23-11-4-12-24-41/h1-36H. The van der Waals surface area contributed by atoms with Gasteiger partial charge in [-0.25, -0.2) is 0 Å². The lowest BCUT2D eigenvalue weighted by Gasteiger charge is -2.16. The van der Waals surface area contributed by atoms with Crippen LogP contribution in [0.3, 0.4) is 0 Å². The third-order valence-corrected chi connectivity index (χ3v) is 12.1. The maximum atomic E-state index is 2.52. The molecule has 0 aliphatic heterocycles. The molecule has 12 aromatic rings. The predicted octanol–water partition coefficient (Wildman–Crippen LogP) is 15.2. The molecule has 0 N–H and O–H groups in total. The van der Waals surface area contributed by atoms with E-state index in [1.54, 1.807) is 0 Å². The van der Waals surface area contributed by atoms with Crippen molar-refractivity contribution in [3.63, 3.8) is 0 Å². The topological polar surface area (TPSA) is 9.86 Å². The number of nitrogens with zero attached hydrogens (tertiary/aromatic N) is 2. The summed E-state index contributed by atoms with van der Waals surface area (Å²) in [6.45, 7) is 0. The Kier molecular flexibility index (Phi) is 7.26. The van der Waals surface area contributed by atoms with Gasteiger partial charge < -0.3 is 9.13 Å². The Labute approximate surface area is 336 Å². The number of hydrogen-bond donors (Lipinski definition) is 0. The van der Waals surface area contributed by atoms with E-state index >= 15 is 0 Å². The van der Waals surface area contributed by atoms with Crippen molar-refractivity contribution in [3.05, 3.63) is 218 Å². The van der Waals surface area contributed by atoms with E-state index in [2.05, 4.69) is 228 Å². The van der Waals surface area contributed by atoms with Gasteiger partial charge in [-0.05, 0) is 91.0 Å². The van der Waals surface area contributed by atoms with Crippen LogP contribution in [0.25, 0.3) is 110 Å². The molecule has 0 atom stereocenters. The average Bonchev–Trinajstić information content (AvgIpc) is 3.84. The van der Waals surface area contributed by atoms with Crippen molar-refractivity contribution in [2.75, 3.05) is 0 Å². The van der Waals surface area contributed by atoms with Gasteiger partial charge in [0.25, 0.3) is 0 Å². The van der Waals surface area contributed by atoms with Gasteiger partial charge in [0.15, 0.2) is 0 Å². The first-order chi connectivity index (χ1) is 28.8. The number of rotatable bonds is 5. The highest BCUT2D eigenvalue weighted by atomic mass is 15.1. The number of fused-ring (bicyclic) bond motifs is 11. The van der Waals surface area contributed by atoms with E-state index in [4.69, 9.17) is 0 Å². The molecule has 0 saturated heterocycles. The summed E-state index contributed by atoms with van der Waals surface area (Å²) >= 11 is 0. The zero-order chi connectivity index (χ0) is 38.2. The molecular formula is C56H36N2. The fourth-order valence-corrected chi connectivity index (χ4v) is 9.58.